The Balaban J connectivity index is 1.77. The smallest absolute Gasteiger partial charge is 0.129 e. The lowest BCUT2D eigenvalue weighted by Crippen LogP contribution is -2.73. The van der Waals surface area contributed by atoms with Gasteiger partial charge < -0.3 is 8.97 Å². The molecular weight excluding hydrogens is 208 g/mol. The Kier molecular flexibility index (Phi) is 2.53. The van der Waals surface area contributed by atoms with Crippen LogP contribution in [0.2, 0.25) is 0 Å². The molecule has 0 aliphatic carbocycles. The van der Waals surface area contributed by atoms with Crippen molar-refractivity contribution in [3.8, 4) is 0 Å². The molecule has 0 aromatic heterocycles. The topological polar surface area (TPSA) is 0 Å². The van der Waals surface area contributed by atoms with Crippen LogP contribution < -0.4 is 0 Å². The number of benzene rings is 1. The van der Waals surface area contributed by atoms with Crippen molar-refractivity contribution in [1.29, 1.82) is 0 Å². The van der Waals surface area contributed by atoms with E-state index in [1.165, 1.54) is 60.3 Å². The van der Waals surface area contributed by atoms with Gasteiger partial charge in [0, 0.05) is 5.56 Å². The van der Waals surface area contributed by atoms with E-state index in [0.717, 1.165) is 5.56 Å². The number of hydrogen-bond donors (Lipinski definition) is 0. The van der Waals surface area contributed by atoms with Gasteiger partial charge in [0.05, 0.1) is 7.05 Å². The third kappa shape index (κ3) is 2.12. The Morgan fingerprint density at radius 2 is 1.71 bits per heavy atom. The van der Waals surface area contributed by atoms with Crippen LogP contribution in [0, 0.1) is 6.92 Å². The highest BCUT2D eigenvalue weighted by molar-refractivity contribution is 5.24. The van der Waals surface area contributed by atoms with Gasteiger partial charge in [-0.15, -0.1) is 0 Å². The zero-order chi connectivity index (χ0) is 11.9. The van der Waals surface area contributed by atoms with Crippen LogP contribution in [-0.2, 0) is 6.54 Å². The fourth-order valence-electron chi connectivity index (χ4n) is 3.38. The first-order valence-corrected chi connectivity index (χ1v) is 6.69. The summed E-state index contributed by atoms with van der Waals surface area (Å²) in [6, 6.07) is 8.75. The highest BCUT2D eigenvalue weighted by Gasteiger charge is 2.46. The van der Waals surface area contributed by atoms with E-state index in [-0.39, 0.29) is 0 Å². The van der Waals surface area contributed by atoms with Gasteiger partial charge in [0.25, 0.3) is 0 Å². The van der Waals surface area contributed by atoms with Gasteiger partial charge in [-0.3, -0.25) is 0 Å². The predicted octanol–water partition coefficient (Wildman–Crippen LogP) is 1.66. The molecule has 3 fully saturated rings. The van der Waals surface area contributed by atoms with Crippen molar-refractivity contribution < 1.29 is 8.97 Å². The summed E-state index contributed by atoms with van der Waals surface area (Å²) in [6.07, 6.45) is 0. The molecule has 1 aromatic carbocycles. The van der Waals surface area contributed by atoms with Crippen LogP contribution in [0.1, 0.15) is 11.1 Å². The molecule has 0 N–H and O–H groups in total. The van der Waals surface area contributed by atoms with Crippen molar-refractivity contribution >= 4 is 0 Å². The van der Waals surface area contributed by atoms with E-state index in [0.29, 0.717) is 0 Å². The van der Waals surface area contributed by atoms with E-state index in [1.54, 1.807) is 0 Å². The fourth-order valence-corrected chi connectivity index (χ4v) is 3.38. The van der Waals surface area contributed by atoms with Gasteiger partial charge >= 0.3 is 0 Å². The van der Waals surface area contributed by atoms with Crippen LogP contribution in [0.5, 0.6) is 0 Å². The molecule has 3 aliphatic heterocycles. The minimum absolute atomic E-state index is 1.15. The molecule has 4 rings (SSSR count). The van der Waals surface area contributed by atoms with Gasteiger partial charge in [-0.1, -0.05) is 24.3 Å². The Bertz CT molecular complexity index is 400. The first-order chi connectivity index (χ1) is 8.09. The zero-order valence-corrected chi connectivity index (χ0v) is 10.9. The quantitative estimate of drug-likeness (QED) is 0.679. The van der Waals surface area contributed by atoms with Crippen LogP contribution >= 0.6 is 0 Å². The number of likely N-dealkylation sites (N-methyl/N-ethyl adjacent to an activating group) is 1. The van der Waals surface area contributed by atoms with Gasteiger partial charge in [0.15, 0.2) is 0 Å². The maximum atomic E-state index is 4.03. The summed E-state index contributed by atoms with van der Waals surface area (Å²) in [5, 5.41) is 0. The number of nitrogens with zero attached hydrogens (tertiary/aromatic N) is 2. The zero-order valence-electron chi connectivity index (χ0n) is 10.9. The minimum Gasteiger partial charge on any atom is -0.312 e. The lowest BCUT2D eigenvalue weighted by molar-refractivity contribution is -1.08. The molecule has 3 heterocycles. The summed E-state index contributed by atoms with van der Waals surface area (Å²) >= 11 is 0. The van der Waals surface area contributed by atoms with E-state index in [1.807, 2.05) is 0 Å². The lowest BCUT2D eigenvalue weighted by Gasteiger charge is -2.54. The van der Waals surface area contributed by atoms with Crippen molar-refractivity contribution in [2.24, 2.45) is 0 Å². The van der Waals surface area contributed by atoms with Crippen molar-refractivity contribution in [1.82, 2.24) is 0 Å². The summed E-state index contributed by atoms with van der Waals surface area (Å²) in [4.78, 5) is 0. The molecule has 1 aromatic rings. The second-order valence-corrected chi connectivity index (χ2v) is 6.28. The van der Waals surface area contributed by atoms with Gasteiger partial charge in [0.1, 0.15) is 45.8 Å². The van der Waals surface area contributed by atoms with Gasteiger partial charge in [-0.25, -0.2) is 0 Å². The molecule has 2 heteroatoms. The Morgan fingerprint density at radius 3 is 2.29 bits per heavy atom. The van der Waals surface area contributed by atoms with Crippen molar-refractivity contribution in [3.05, 3.63) is 42.3 Å². The first-order valence-electron chi connectivity index (χ1n) is 6.69. The summed E-state index contributed by atoms with van der Waals surface area (Å²) in [5.41, 5.74) is 2.62. The highest BCUT2D eigenvalue weighted by Crippen LogP contribution is 2.27. The number of piperazine rings is 3. The largest absolute Gasteiger partial charge is 0.312 e. The van der Waals surface area contributed by atoms with Crippen LogP contribution in [0.4, 0.5) is 0 Å². The summed E-state index contributed by atoms with van der Waals surface area (Å²) in [5.74, 6) is 0. The summed E-state index contributed by atoms with van der Waals surface area (Å²) < 4.78 is 2.63. The normalized spacial score (nSPS) is 36.1. The average Bonchev–Trinajstić information content (AvgIpc) is 2.31. The second kappa shape index (κ2) is 3.82. The van der Waals surface area contributed by atoms with Crippen LogP contribution in [0.15, 0.2) is 24.3 Å². The monoisotopic (exact) mass is 231 g/mol. The van der Waals surface area contributed by atoms with Crippen LogP contribution in [0.25, 0.3) is 0 Å². The highest BCUT2D eigenvalue weighted by atomic mass is 15.5. The molecule has 0 amide bonds. The van der Waals surface area contributed by atoms with Crippen molar-refractivity contribution in [2.75, 3.05) is 46.3 Å². The third-order valence-corrected chi connectivity index (χ3v) is 4.85. The number of hydrogen-bond acceptors (Lipinski definition) is 0. The van der Waals surface area contributed by atoms with Gasteiger partial charge in [0.2, 0.25) is 0 Å². The van der Waals surface area contributed by atoms with E-state index in [9.17, 15) is 0 Å². The minimum atomic E-state index is 1.15. The molecule has 0 atom stereocenters. The molecular formula is C15H23N2+2. The molecule has 3 aliphatic rings. The van der Waals surface area contributed by atoms with Crippen molar-refractivity contribution in [3.63, 3.8) is 0 Å². The fraction of sp³-hybridized carbons (Fsp3) is 0.533. The Hall–Kier alpha value is -0.860. The van der Waals surface area contributed by atoms with E-state index < -0.39 is 0 Å². The molecule has 0 unspecified atom stereocenters. The molecule has 0 saturated carbocycles. The summed E-state index contributed by atoms with van der Waals surface area (Å²) in [6.45, 7) is 13.4. The van der Waals surface area contributed by atoms with E-state index in [2.05, 4.69) is 38.2 Å². The number of fused-ring (bicyclic) bond motifs is 3. The standard InChI is InChI=1S/C15H23N2/c1-14-4-3-5-15(12-14)13-17-9-6-16(2,7-10-17)8-11-17/h3-5,12H,1,6-11,13H2,2H3/q+2. The number of rotatable bonds is 2. The molecule has 3 saturated heterocycles. The average molecular weight is 231 g/mol. The molecule has 0 spiro atoms. The molecule has 91 valence electrons. The first kappa shape index (κ1) is 11.2. The molecule has 2 bridgehead atoms. The third-order valence-electron chi connectivity index (χ3n) is 4.85. The molecule has 17 heavy (non-hydrogen) atoms. The SMILES string of the molecule is [CH2]c1cccc(C[N+]23CC[N+](C)(CC2)CC3)c1. The maximum absolute atomic E-state index is 4.03. The van der Waals surface area contributed by atoms with Gasteiger partial charge in [-0.05, 0) is 12.5 Å². The van der Waals surface area contributed by atoms with Crippen molar-refractivity contribution in [2.45, 2.75) is 6.54 Å². The van der Waals surface area contributed by atoms with Crippen LogP contribution in [0.3, 0.4) is 0 Å². The van der Waals surface area contributed by atoms with Crippen LogP contribution in [-0.4, -0.2) is 55.3 Å². The molecule has 1 radical (unpaired) electrons. The van der Waals surface area contributed by atoms with E-state index >= 15 is 0 Å². The maximum Gasteiger partial charge on any atom is 0.129 e. The van der Waals surface area contributed by atoms with Gasteiger partial charge in [-0.2, -0.15) is 0 Å². The molecule has 2 nitrogen and oxygen atoms in total. The number of quaternary nitrogens is 2. The predicted molar refractivity (Wildman–Crippen MR) is 70.3 cm³/mol. The lowest BCUT2D eigenvalue weighted by atomic mass is 10.0. The summed E-state index contributed by atoms with van der Waals surface area (Å²) in [7, 11) is 2.42. The van der Waals surface area contributed by atoms with E-state index in [4.69, 9.17) is 0 Å². The Labute approximate surface area is 105 Å². The second-order valence-electron chi connectivity index (χ2n) is 6.28. The Morgan fingerprint density at radius 1 is 1.06 bits per heavy atom.